The Morgan fingerprint density at radius 1 is 1.13 bits per heavy atom. The lowest BCUT2D eigenvalue weighted by molar-refractivity contribution is -0.122. The molecule has 0 aromatic heterocycles. The molecule has 0 radical (unpaired) electrons. The highest BCUT2D eigenvalue weighted by Gasteiger charge is 2.24. The van der Waals surface area contributed by atoms with E-state index < -0.39 is 6.10 Å². The topological polar surface area (TPSA) is 67.4 Å². The van der Waals surface area contributed by atoms with Crippen LogP contribution in [0.2, 0.25) is 0 Å². The van der Waals surface area contributed by atoms with Crippen LogP contribution < -0.4 is 15.4 Å². The van der Waals surface area contributed by atoms with Gasteiger partial charge in [0.05, 0.1) is 5.69 Å². The molecule has 2 aromatic carbocycles. The van der Waals surface area contributed by atoms with Crippen molar-refractivity contribution in [3.05, 3.63) is 53.1 Å². The first kappa shape index (κ1) is 15.1. The van der Waals surface area contributed by atoms with E-state index in [4.69, 9.17) is 4.74 Å². The zero-order valence-corrected chi connectivity index (χ0v) is 13.3. The van der Waals surface area contributed by atoms with Gasteiger partial charge in [-0.3, -0.25) is 9.59 Å². The number of rotatable bonds is 2. The van der Waals surface area contributed by atoms with Gasteiger partial charge in [-0.15, -0.1) is 0 Å². The highest BCUT2D eigenvalue weighted by molar-refractivity contribution is 6.06. The Morgan fingerprint density at radius 3 is 2.65 bits per heavy atom. The van der Waals surface area contributed by atoms with Gasteiger partial charge in [0.15, 0.2) is 6.10 Å². The summed E-state index contributed by atoms with van der Waals surface area (Å²) in [6.07, 6.45) is -0.530. The van der Waals surface area contributed by atoms with E-state index in [1.54, 1.807) is 25.1 Å². The second kappa shape index (κ2) is 5.76. The Labute approximate surface area is 134 Å². The van der Waals surface area contributed by atoms with Crippen LogP contribution in [-0.2, 0) is 4.79 Å². The Bertz CT molecular complexity index is 799. The lowest BCUT2D eigenvalue weighted by Crippen LogP contribution is -2.34. The molecule has 0 fully saturated rings. The third-order valence-electron chi connectivity index (χ3n) is 3.94. The van der Waals surface area contributed by atoms with Crippen LogP contribution in [0.15, 0.2) is 36.4 Å². The first-order chi connectivity index (χ1) is 10.9. The molecule has 0 aliphatic carbocycles. The number of anilines is 2. The molecule has 1 unspecified atom stereocenters. The van der Waals surface area contributed by atoms with E-state index in [-0.39, 0.29) is 11.8 Å². The third kappa shape index (κ3) is 3.04. The normalized spacial score (nSPS) is 16.1. The molecule has 1 atom stereocenters. The van der Waals surface area contributed by atoms with Crippen molar-refractivity contribution in [2.45, 2.75) is 26.9 Å². The van der Waals surface area contributed by atoms with Crippen molar-refractivity contribution in [3.8, 4) is 5.75 Å². The van der Waals surface area contributed by atoms with Crippen molar-refractivity contribution in [2.75, 3.05) is 10.6 Å². The van der Waals surface area contributed by atoms with Gasteiger partial charge in [-0.25, -0.2) is 0 Å². The van der Waals surface area contributed by atoms with Crippen LogP contribution >= 0.6 is 0 Å². The van der Waals surface area contributed by atoms with Gasteiger partial charge < -0.3 is 15.4 Å². The SMILES string of the molecule is Cc1ccc(NC(=O)c2ccc3c(c2)NC(=O)C(C)O3)cc1C. The van der Waals surface area contributed by atoms with Gasteiger partial charge in [0.25, 0.3) is 11.8 Å². The predicted molar refractivity (Wildman–Crippen MR) is 89.0 cm³/mol. The van der Waals surface area contributed by atoms with Gasteiger partial charge in [-0.05, 0) is 62.2 Å². The molecule has 2 amide bonds. The molecule has 1 aliphatic rings. The number of carbonyl (C=O) groups excluding carboxylic acids is 2. The quantitative estimate of drug-likeness (QED) is 0.894. The molecule has 0 saturated heterocycles. The van der Waals surface area contributed by atoms with E-state index in [1.165, 1.54) is 5.56 Å². The Hall–Kier alpha value is -2.82. The Morgan fingerprint density at radius 2 is 1.91 bits per heavy atom. The predicted octanol–water partition coefficient (Wildman–Crippen LogP) is 3.28. The summed E-state index contributed by atoms with van der Waals surface area (Å²) in [5.41, 5.74) is 4.00. The second-order valence-electron chi connectivity index (χ2n) is 5.71. The minimum absolute atomic E-state index is 0.218. The Kier molecular flexibility index (Phi) is 3.78. The number of carbonyl (C=O) groups is 2. The maximum Gasteiger partial charge on any atom is 0.265 e. The number of benzene rings is 2. The molecule has 1 heterocycles. The molecule has 2 aromatic rings. The van der Waals surface area contributed by atoms with Crippen LogP contribution in [0.25, 0.3) is 0 Å². The monoisotopic (exact) mass is 310 g/mol. The second-order valence-corrected chi connectivity index (χ2v) is 5.71. The smallest absolute Gasteiger partial charge is 0.265 e. The molecule has 3 rings (SSSR count). The largest absolute Gasteiger partial charge is 0.479 e. The minimum Gasteiger partial charge on any atom is -0.479 e. The Balaban J connectivity index is 1.81. The molecule has 5 heteroatoms. The molecule has 5 nitrogen and oxygen atoms in total. The van der Waals surface area contributed by atoms with E-state index >= 15 is 0 Å². The highest BCUT2D eigenvalue weighted by atomic mass is 16.5. The number of nitrogens with one attached hydrogen (secondary N) is 2. The van der Waals surface area contributed by atoms with Crippen LogP contribution in [-0.4, -0.2) is 17.9 Å². The van der Waals surface area contributed by atoms with Crippen molar-refractivity contribution < 1.29 is 14.3 Å². The van der Waals surface area contributed by atoms with Gasteiger partial charge in [0.2, 0.25) is 0 Å². The van der Waals surface area contributed by atoms with Crippen molar-refractivity contribution >= 4 is 23.2 Å². The van der Waals surface area contributed by atoms with Crippen molar-refractivity contribution in [2.24, 2.45) is 0 Å². The van der Waals surface area contributed by atoms with E-state index in [2.05, 4.69) is 10.6 Å². The number of hydrogen-bond donors (Lipinski definition) is 2. The first-order valence-electron chi connectivity index (χ1n) is 7.44. The average molecular weight is 310 g/mol. The molecule has 2 N–H and O–H groups in total. The molecule has 118 valence electrons. The van der Waals surface area contributed by atoms with Crippen LogP contribution in [0.4, 0.5) is 11.4 Å². The maximum absolute atomic E-state index is 12.4. The van der Waals surface area contributed by atoms with Gasteiger partial charge in [0.1, 0.15) is 5.75 Å². The van der Waals surface area contributed by atoms with Crippen LogP contribution in [0.3, 0.4) is 0 Å². The summed E-state index contributed by atoms with van der Waals surface area (Å²) in [6.45, 7) is 5.70. The van der Waals surface area contributed by atoms with E-state index in [1.807, 2.05) is 32.0 Å². The summed E-state index contributed by atoms with van der Waals surface area (Å²) in [6, 6.07) is 10.8. The maximum atomic E-state index is 12.4. The van der Waals surface area contributed by atoms with Gasteiger partial charge in [-0.2, -0.15) is 0 Å². The molecule has 1 aliphatic heterocycles. The summed E-state index contributed by atoms with van der Waals surface area (Å²) in [5.74, 6) is 0.118. The number of ether oxygens (including phenoxy) is 1. The minimum atomic E-state index is -0.530. The number of amides is 2. The van der Waals surface area contributed by atoms with Gasteiger partial charge in [-0.1, -0.05) is 6.07 Å². The lowest BCUT2D eigenvalue weighted by Gasteiger charge is -2.23. The van der Waals surface area contributed by atoms with Gasteiger partial charge in [0, 0.05) is 11.3 Å². The first-order valence-corrected chi connectivity index (χ1v) is 7.44. The van der Waals surface area contributed by atoms with Crippen LogP contribution in [0.1, 0.15) is 28.4 Å². The number of aryl methyl sites for hydroxylation is 2. The number of hydrogen-bond acceptors (Lipinski definition) is 3. The third-order valence-corrected chi connectivity index (χ3v) is 3.94. The highest BCUT2D eigenvalue weighted by Crippen LogP contribution is 2.30. The van der Waals surface area contributed by atoms with E-state index in [9.17, 15) is 9.59 Å². The number of fused-ring (bicyclic) bond motifs is 1. The molecule has 0 saturated carbocycles. The van der Waals surface area contributed by atoms with Crippen LogP contribution in [0, 0.1) is 13.8 Å². The van der Waals surface area contributed by atoms with Crippen molar-refractivity contribution in [1.29, 1.82) is 0 Å². The summed E-state index contributed by atoms with van der Waals surface area (Å²) in [4.78, 5) is 24.0. The van der Waals surface area contributed by atoms with Gasteiger partial charge >= 0.3 is 0 Å². The average Bonchev–Trinajstić information content (AvgIpc) is 2.51. The van der Waals surface area contributed by atoms with E-state index in [0.717, 1.165) is 11.3 Å². The van der Waals surface area contributed by atoms with Crippen LogP contribution in [0.5, 0.6) is 5.75 Å². The molecule has 0 bridgehead atoms. The zero-order chi connectivity index (χ0) is 16.6. The fraction of sp³-hybridized carbons (Fsp3) is 0.222. The lowest BCUT2D eigenvalue weighted by atomic mass is 10.1. The summed E-state index contributed by atoms with van der Waals surface area (Å²) in [5, 5.41) is 5.60. The molecule has 0 spiro atoms. The summed E-state index contributed by atoms with van der Waals surface area (Å²) in [7, 11) is 0. The fourth-order valence-corrected chi connectivity index (χ4v) is 2.37. The van der Waals surface area contributed by atoms with Crippen molar-refractivity contribution in [3.63, 3.8) is 0 Å². The van der Waals surface area contributed by atoms with E-state index in [0.29, 0.717) is 17.0 Å². The standard InChI is InChI=1S/C18H18N2O3/c1-10-4-6-14(8-11(10)2)19-18(22)13-5-7-16-15(9-13)20-17(21)12(3)23-16/h4-9,12H,1-3H3,(H,19,22)(H,20,21). The van der Waals surface area contributed by atoms with Crippen molar-refractivity contribution in [1.82, 2.24) is 0 Å². The summed E-state index contributed by atoms with van der Waals surface area (Å²) >= 11 is 0. The summed E-state index contributed by atoms with van der Waals surface area (Å²) < 4.78 is 5.48. The zero-order valence-electron chi connectivity index (χ0n) is 13.3. The molecular weight excluding hydrogens is 292 g/mol. The fourth-order valence-electron chi connectivity index (χ4n) is 2.37. The molecular formula is C18H18N2O3. The molecule has 23 heavy (non-hydrogen) atoms.